The third kappa shape index (κ3) is 11.8. The number of carbonyl (C=O) groups is 1. The molecule has 150 valence electrons. The van der Waals surface area contributed by atoms with Crippen molar-refractivity contribution in [2.24, 2.45) is 0 Å². The lowest BCUT2D eigenvalue weighted by molar-refractivity contribution is -0.870. The largest absolute Gasteiger partial charge is 0.756 e. The molecule has 0 aliphatic heterocycles. The van der Waals surface area contributed by atoms with E-state index in [2.05, 4.69) is 9.05 Å². The number of phosphoric acid groups is 1. The van der Waals surface area contributed by atoms with E-state index in [9.17, 15) is 14.3 Å². The molecule has 0 saturated heterocycles. The van der Waals surface area contributed by atoms with Crippen molar-refractivity contribution in [1.29, 1.82) is 0 Å². The maximum Gasteiger partial charge on any atom is 0.500 e. The fourth-order valence-electron chi connectivity index (χ4n) is 1.67. The molecule has 0 aliphatic rings. The zero-order chi connectivity index (χ0) is 19.6. The average molecular weight is 403 g/mol. The Morgan fingerprint density at radius 2 is 1.60 bits per heavy atom. The summed E-state index contributed by atoms with van der Waals surface area (Å²) < 4.78 is 41.8. The summed E-state index contributed by atoms with van der Waals surface area (Å²) in [5.41, 5.74) is 0. The Labute approximate surface area is 150 Å². The van der Waals surface area contributed by atoms with Gasteiger partial charge in [-0.15, -0.1) is 0 Å². The number of phosphoric ester groups is 1. The van der Waals surface area contributed by atoms with E-state index in [-0.39, 0.29) is 13.2 Å². The molecule has 0 rings (SSSR count). The van der Waals surface area contributed by atoms with Crippen molar-refractivity contribution in [3.05, 3.63) is 0 Å². The van der Waals surface area contributed by atoms with Crippen LogP contribution in [-0.4, -0.2) is 88.1 Å². The van der Waals surface area contributed by atoms with E-state index in [1.54, 1.807) is 0 Å². The van der Waals surface area contributed by atoms with Crippen LogP contribution in [0.25, 0.3) is 0 Å². The van der Waals surface area contributed by atoms with E-state index in [1.807, 2.05) is 21.1 Å². The molecule has 12 heteroatoms. The van der Waals surface area contributed by atoms with Crippen LogP contribution < -0.4 is 4.89 Å². The zero-order valence-electron chi connectivity index (χ0n) is 15.8. The van der Waals surface area contributed by atoms with Crippen molar-refractivity contribution in [1.82, 2.24) is 0 Å². The van der Waals surface area contributed by atoms with Crippen LogP contribution in [0.15, 0.2) is 0 Å². The van der Waals surface area contributed by atoms with Gasteiger partial charge in [0, 0.05) is 27.4 Å². The lowest BCUT2D eigenvalue weighted by atomic mass is 10.5. The topological polar surface area (TPSA) is 113 Å². The van der Waals surface area contributed by atoms with Crippen molar-refractivity contribution in [2.75, 3.05) is 68.8 Å². The molecule has 1 unspecified atom stereocenters. The minimum atomic E-state index is -4.53. The van der Waals surface area contributed by atoms with Gasteiger partial charge in [0.2, 0.25) is 0 Å². The lowest BCUT2D eigenvalue weighted by Crippen LogP contribution is -2.42. The molecule has 10 nitrogen and oxygen atoms in total. The second-order valence-corrected chi connectivity index (χ2v) is 10.7. The summed E-state index contributed by atoms with van der Waals surface area (Å²) in [7, 11) is 2.92. The monoisotopic (exact) mass is 403 g/mol. The predicted octanol–water partition coefficient (Wildman–Crippen LogP) is 0.00560. The van der Waals surface area contributed by atoms with Gasteiger partial charge in [-0.2, -0.15) is 0 Å². The third-order valence-electron chi connectivity index (χ3n) is 3.18. The molecule has 0 heterocycles. The first kappa shape index (κ1) is 24.6. The number of rotatable bonds is 14. The van der Waals surface area contributed by atoms with E-state index >= 15 is 0 Å². The van der Waals surface area contributed by atoms with Crippen molar-refractivity contribution in [2.45, 2.75) is 12.5 Å². The number of ether oxygens (including phenoxy) is 1. The zero-order valence-corrected chi connectivity index (χ0v) is 17.7. The first-order chi connectivity index (χ1) is 11.5. The fraction of sp³-hybridized carbons (Fsp3) is 0.923. The highest BCUT2D eigenvalue weighted by atomic mass is 31.2. The Kier molecular flexibility index (Phi) is 11.2. The minimum absolute atomic E-state index is 0.0307. The Balaban J connectivity index is 4.01. The van der Waals surface area contributed by atoms with E-state index in [1.165, 1.54) is 21.3 Å². The second kappa shape index (κ2) is 11.4. The summed E-state index contributed by atoms with van der Waals surface area (Å²) in [6.07, 6.45) is 0.447. The SMILES string of the molecule is CO[Si](CCCOC(=O)COP(=O)([O-])OCC[N+](C)(C)C)(OC)OC. The predicted molar refractivity (Wildman–Crippen MR) is 89.6 cm³/mol. The minimum Gasteiger partial charge on any atom is -0.756 e. The summed E-state index contributed by atoms with van der Waals surface area (Å²) in [5, 5.41) is 0. The number of likely N-dealkylation sites (N-methyl/N-ethyl adjacent to an activating group) is 1. The molecule has 1 atom stereocenters. The molecule has 0 saturated carbocycles. The Bertz CT molecular complexity index is 431. The van der Waals surface area contributed by atoms with Crippen LogP contribution in [0.5, 0.6) is 0 Å². The summed E-state index contributed by atoms with van der Waals surface area (Å²) in [6, 6.07) is 0.457. The maximum atomic E-state index is 11.5. The van der Waals surface area contributed by atoms with E-state index < -0.39 is 29.2 Å². The molecule has 0 aromatic rings. The molecular formula is C13H30NO9PSi. The molecule has 0 radical (unpaired) electrons. The van der Waals surface area contributed by atoms with Gasteiger partial charge in [-0.3, -0.25) is 4.57 Å². The summed E-state index contributed by atoms with van der Waals surface area (Å²) in [6.45, 7) is -0.216. The molecule has 0 aliphatic carbocycles. The van der Waals surface area contributed by atoms with Crippen LogP contribution in [0.2, 0.25) is 6.04 Å². The third-order valence-corrected chi connectivity index (χ3v) is 6.95. The van der Waals surface area contributed by atoms with Crippen molar-refractivity contribution in [3.8, 4) is 0 Å². The molecule has 0 aromatic carbocycles. The van der Waals surface area contributed by atoms with Crippen LogP contribution in [0.4, 0.5) is 0 Å². The number of hydrogen-bond acceptors (Lipinski definition) is 9. The van der Waals surface area contributed by atoms with Crippen LogP contribution in [0, 0.1) is 0 Å². The molecular weight excluding hydrogens is 373 g/mol. The van der Waals surface area contributed by atoms with Crippen LogP contribution >= 0.6 is 7.82 Å². The van der Waals surface area contributed by atoms with Gasteiger partial charge in [0.15, 0.2) is 6.61 Å². The normalized spacial score (nSPS) is 15.0. The second-order valence-electron chi connectivity index (χ2n) is 6.19. The maximum absolute atomic E-state index is 11.5. The van der Waals surface area contributed by atoms with Gasteiger partial charge in [-0.1, -0.05) is 0 Å². The van der Waals surface area contributed by atoms with Gasteiger partial charge < -0.3 is 36.4 Å². The molecule has 25 heavy (non-hydrogen) atoms. The number of carbonyl (C=O) groups excluding carboxylic acids is 1. The summed E-state index contributed by atoms with van der Waals surface area (Å²) >= 11 is 0. The van der Waals surface area contributed by atoms with Gasteiger partial charge in [-0.25, -0.2) is 4.79 Å². The number of esters is 1. The van der Waals surface area contributed by atoms with E-state index in [4.69, 9.17) is 18.0 Å². The Morgan fingerprint density at radius 3 is 2.08 bits per heavy atom. The van der Waals surface area contributed by atoms with Crippen molar-refractivity contribution < 1.29 is 45.8 Å². The van der Waals surface area contributed by atoms with Gasteiger partial charge in [0.05, 0.1) is 27.7 Å². The van der Waals surface area contributed by atoms with Crippen LogP contribution in [-0.2, 0) is 36.4 Å². The summed E-state index contributed by atoms with van der Waals surface area (Å²) in [4.78, 5) is 23.0. The highest BCUT2D eigenvalue weighted by Crippen LogP contribution is 2.37. The first-order valence-corrected chi connectivity index (χ1v) is 11.1. The lowest BCUT2D eigenvalue weighted by Gasteiger charge is -2.27. The average Bonchev–Trinajstić information content (AvgIpc) is 2.52. The molecule has 0 aromatic heterocycles. The Morgan fingerprint density at radius 1 is 1.04 bits per heavy atom. The van der Waals surface area contributed by atoms with Crippen LogP contribution in [0.3, 0.4) is 0 Å². The van der Waals surface area contributed by atoms with Gasteiger partial charge in [-0.05, 0) is 6.42 Å². The first-order valence-electron chi connectivity index (χ1n) is 7.71. The van der Waals surface area contributed by atoms with Gasteiger partial charge in [0.1, 0.15) is 13.2 Å². The molecule has 0 amide bonds. The number of hydrogen-bond donors (Lipinski definition) is 0. The number of nitrogens with zero attached hydrogens (tertiary/aromatic N) is 1. The highest BCUT2D eigenvalue weighted by Gasteiger charge is 2.37. The molecule has 0 bridgehead atoms. The molecule has 0 spiro atoms. The van der Waals surface area contributed by atoms with Gasteiger partial charge >= 0.3 is 14.8 Å². The smallest absolute Gasteiger partial charge is 0.500 e. The standard InChI is InChI=1S/C13H30NO9PSi/c1-14(2,3)8-10-22-24(16,17)23-12-13(15)21-9-7-11-25(18-4,19-5)20-6/h7-12H2,1-6H3. The van der Waals surface area contributed by atoms with Gasteiger partial charge in [0.25, 0.3) is 7.82 Å². The quantitative estimate of drug-likeness (QED) is 0.130. The van der Waals surface area contributed by atoms with Crippen molar-refractivity contribution >= 4 is 22.6 Å². The molecule has 0 fully saturated rings. The van der Waals surface area contributed by atoms with Crippen LogP contribution in [0.1, 0.15) is 6.42 Å². The number of quaternary nitrogens is 1. The molecule has 0 N–H and O–H groups in total. The fourth-order valence-corrected chi connectivity index (χ4v) is 4.00. The highest BCUT2D eigenvalue weighted by molar-refractivity contribution is 7.45. The Hall–Kier alpha value is -0.363. The van der Waals surface area contributed by atoms with E-state index in [0.717, 1.165) is 0 Å². The summed E-state index contributed by atoms with van der Waals surface area (Å²) in [5.74, 6) is -0.800. The van der Waals surface area contributed by atoms with E-state index in [0.29, 0.717) is 23.5 Å². The van der Waals surface area contributed by atoms with Crippen molar-refractivity contribution in [3.63, 3.8) is 0 Å².